The Morgan fingerprint density at radius 3 is 2.24 bits per heavy atom. The fraction of sp³-hybridized carbons (Fsp3) is 0.125. The second kappa shape index (κ2) is 9.68. The minimum atomic E-state index is -0.359. The number of rotatable bonds is 7. The third-order valence-corrected chi connectivity index (χ3v) is 6.40. The summed E-state index contributed by atoms with van der Waals surface area (Å²) in [5, 5.41) is 5.86. The molecule has 1 aliphatic heterocycles. The number of nitrogens with one attached hydrogen (secondary N) is 2. The summed E-state index contributed by atoms with van der Waals surface area (Å²) in [7, 11) is 0. The normalized spacial score (nSPS) is 13.8. The molecule has 4 rings (SSSR count). The van der Waals surface area contributed by atoms with Gasteiger partial charge in [-0.15, -0.1) is 0 Å². The number of halogens is 1. The average Bonchev–Trinajstić information content (AvgIpc) is 3.40. The van der Waals surface area contributed by atoms with Gasteiger partial charge in [-0.1, -0.05) is 27.7 Å². The molecule has 168 valence electrons. The van der Waals surface area contributed by atoms with E-state index < -0.39 is 0 Å². The van der Waals surface area contributed by atoms with Crippen LogP contribution in [0.25, 0.3) is 0 Å². The van der Waals surface area contributed by atoms with Gasteiger partial charge in [0.2, 0.25) is 0 Å². The van der Waals surface area contributed by atoms with Crippen molar-refractivity contribution < 1.29 is 18.8 Å². The molecule has 1 aromatic heterocycles. The molecule has 2 N–H and O–H groups in total. The van der Waals surface area contributed by atoms with Crippen LogP contribution in [0, 0.1) is 0 Å². The third kappa shape index (κ3) is 5.04. The van der Waals surface area contributed by atoms with Crippen LogP contribution in [0.3, 0.4) is 0 Å². The molecule has 0 fully saturated rings. The van der Waals surface area contributed by atoms with E-state index in [1.807, 2.05) is 24.3 Å². The lowest BCUT2D eigenvalue weighted by atomic mass is 10.3. The van der Waals surface area contributed by atoms with Gasteiger partial charge in [-0.3, -0.25) is 19.3 Å². The second-order valence-corrected chi connectivity index (χ2v) is 9.47. The van der Waals surface area contributed by atoms with E-state index in [9.17, 15) is 14.4 Å². The van der Waals surface area contributed by atoms with E-state index in [0.29, 0.717) is 16.3 Å². The first kappa shape index (κ1) is 22.9. The number of hydrogen-bond acceptors (Lipinski definition) is 6. The molecule has 0 unspecified atom stereocenters. The molecular weight excluding hydrogens is 506 g/mol. The van der Waals surface area contributed by atoms with Gasteiger partial charge < -0.3 is 15.1 Å². The van der Waals surface area contributed by atoms with Gasteiger partial charge in [-0.25, -0.2) is 0 Å². The van der Waals surface area contributed by atoms with Gasteiger partial charge in [0.25, 0.3) is 17.7 Å². The summed E-state index contributed by atoms with van der Waals surface area (Å²) < 4.78 is 6.00. The number of carbonyl (C=O) groups excluding carboxylic acids is 3. The van der Waals surface area contributed by atoms with Gasteiger partial charge in [0.1, 0.15) is 10.6 Å². The summed E-state index contributed by atoms with van der Waals surface area (Å²) in [5.74, 6) is -0.836. The van der Waals surface area contributed by atoms with Crippen LogP contribution in [0.5, 0.6) is 0 Å². The number of carbonyl (C=O) groups is 3. The minimum Gasteiger partial charge on any atom is -0.459 e. The average molecular weight is 526 g/mol. The lowest BCUT2D eigenvalue weighted by Crippen LogP contribution is -2.38. The van der Waals surface area contributed by atoms with Crippen LogP contribution in [0.1, 0.15) is 24.4 Å². The number of furan rings is 1. The zero-order chi connectivity index (χ0) is 23.5. The number of amides is 3. The molecule has 0 saturated heterocycles. The van der Waals surface area contributed by atoms with Gasteiger partial charge in [-0.2, -0.15) is 0 Å². The third-order valence-electron chi connectivity index (χ3n) is 4.78. The van der Waals surface area contributed by atoms with Crippen LogP contribution in [0.15, 0.2) is 91.3 Å². The molecule has 3 amide bonds. The zero-order valence-electron chi connectivity index (χ0n) is 17.8. The smallest absolute Gasteiger partial charge is 0.291 e. The predicted octanol–water partition coefficient (Wildman–Crippen LogP) is 5.49. The molecule has 2 aromatic carbocycles. The van der Waals surface area contributed by atoms with E-state index >= 15 is 0 Å². The lowest BCUT2D eigenvalue weighted by molar-refractivity contribution is -0.139. The Kier molecular flexibility index (Phi) is 6.71. The highest BCUT2D eigenvalue weighted by molar-refractivity contribution is 9.10. The van der Waals surface area contributed by atoms with E-state index in [4.69, 9.17) is 4.42 Å². The van der Waals surface area contributed by atoms with Gasteiger partial charge in [0, 0.05) is 26.8 Å². The first-order chi connectivity index (χ1) is 15.8. The number of benzene rings is 2. The van der Waals surface area contributed by atoms with E-state index in [0.717, 1.165) is 9.37 Å². The highest BCUT2D eigenvalue weighted by atomic mass is 79.9. The summed E-state index contributed by atoms with van der Waals surface area (Å²) in [5.41, 5.74) is 1.53. The Morgan fingerprint density at radius 1 is 0.970 bits per heavy atom. The van der Waals surface area contributed by atoms with Gasteiger partial charge in [0.05, 0.1) is 6.26 Å². The molecule has 0 bridgehead atoms. The summed E-state index contributed by atoms with van der Waals surface area (Å²) >= 11 is 4.60. The molecule has 0 spiro atoms. The minimum absolute atomic E-state index is 0.214. The van der Waals surface area contributed by atoms with Crippen molar-refractivity contribution in [2.45, 2.75) is 24.8 Å². The van der Waals surface area contributed by atoms with Crippen LogP contribution in [0.2, 0.25) is 0 Å². The molecule has 9 heteroatoms. The number of hydrogen-bond donors (Lipinski definition) is 2. The van der Waals surface area contributed by atoms with Crippen LogP contribution in [0.4, 0.5) is 11.4 Å². The highest BCUT2D eigenvalue weighted by Crippen LogP contribution is 2.37. The second-order valence-electron chi connectivity index (χ2n) is 7.47. The summed E-state index contributed by atoms with van der Waals surface area (Å²) in [4.78, 5) is 40.6. The Hall–Kier alpha value is -3.30. The Morgan fingerprint density at radius 2 is 1.64 bits per heavy atom. The quantitative estimate of drug-likeness (QED) is 0.396. The number of anilines is 2. The summed E-state index contributed by atoms with van der Waals surface area (Å²) in [6.07, 6.45) is 1.43. The van der Waals surface area contributed by atoms with Gasteiger partial charge in [-0.05, 0) is 74.5 Å². The molecule has 1 aliphatic rings. The van der Waals surface area contributed by atoms with Crippen molar-refractivity contribution in [1.82, 2.24) is 4.90 Å². The monoisotopic (exact) mass is 525 g/mol. The Labute approximate surface area is 203 Å². The molecule has 0 saturated carbocycles. The molecule has 0 aliphatic carbocycles. The van der Waals surface area contributed by atoms with Crippen LogP contribution in [-0.4, -0.2) is 28.7 Å². The SMILES string of the molecule is CC(C)N1C(=O)C(Nc2ccc(Br)cc2)=C(Sc2ccc(NC(=O)c3ccco3)cc2)C1=O. The molecule has 2 heterocycles. The van der Waals surface area contributed by atoms with Crippen molar-refractivity contribution in [2.24, 2.45) is 0 Å². The number of imide groups is 1. The summed E-state index contributed by atoms with van der Waals surface area (Å²) in [6.45, 7) is 3.61. The van der Waals surface area contributed by atoms with Crippen molar-refractivity contribution in [2.75, 3.05) is 10.6 Å². The van der Waals surface area contributed by atoms with Crippen molar-refractivity contribution in [3.8, 4) is 0 Å². The van der Waals surface area contributed by atoms with E-state index in [1.54, 1.807) is 50.2 Å². The van der Waals surface area contributed by atoms with Crippen LogP contribution < -0.4 is 10.6 Å². The molecule has 7 nitrogen and oxygen atoms in total. The Balaban J connectivity index is 1.56. The number of nitrogens with zero attached hydrogens (tertiary/aromatic N) is 1. The maximum atomic E-state index is 13.1. The molecule has 0 radical (unpaired) electrons. The maximum Gasteiger partial charge on any atom is 0.291 e. The first-order valence-electron chi connectivity index (χ1n) is 10.1. The summed E-state index contributed by atoms with van der Waals surface area (Å²) in [6, 6.07) is 17.3. The van der Waals surface area contributed by atoms with Gasteiger partial charge in [0.15, 0.2) is 5.76 Å². The number of thioether (sulfide) groups is 1. The topological polar surface area (TPSA) is 91.7 Å². The fourth-order valence-electron chi connectivity index (χ4n) is 3.20. The van der Waals surface area contributed by atoms with Crippen LogP contribution >= 0.6 is 27.7 Å². The van der Waals surface area contributed by atoms with Crippen molar-refractivity contribution in [3.63, 3.8) is 0 Å². The van der Waals surface area contributed by atoms with E-state index in [-0.39, 0.29) is 35.2 Å². The van der Waals surface area contributed by atoms with E-state index in [1.165, 1.54) is 22.9 Å². The molecule has 33 heavy (non-hydrogen) atoms. The van der Waals surface area contributed by atoms with Crippen LogP contribution in [-0.2, 0) is 9.59 Å². The molecular formula is C24H20BrN3O4S. The first-order valence-corrected chi connectivity index (χ1v) is 11.7. The predicted molar refractivity (Wildman–Crippen MR) is 131 cm³/mol. The Bertz CT molecular complexity index is 1220. The van der Waals surface area contributed by atoms with Crippen molar-refractivity contribution in [3.05, 3.63) is 87.8 Å². The van der Waals surface area contributed by atoms with Crippen molar-refractivity contribution in [1.29, 1.82) is 0 Å². The fourth-order valence-corrected chi connectivity index (χ4v) is 4.40. The molecule has 0 atom stereocenters. The molecule has 3 aromatic rings. The van der Waals surface area contributed by atoms with E-state index in [2.05, 4.69) is 26.6 Å². The largest absolute Gasteiger partial charge is 0.459 e. The maximum absolute atomic E-state index is 13.1. The zero-order valence-corrected chi connectivity index (χ0v) is 20.2. The van der Waals surface area contributed by atoms with Crippen molar-refractivity contribution >= 4 is 56.8 Å². The van der Waals surface area contributed by atoms with Gasteiger partial charge >= 0.3 is 0 Å². The standard InChI is InChI=1S/C24H20BrN3O4S/c1-14(2)28-23(30)20(26-16-7-5-15(25)6-8-16)21(24(28)31)33-18-11-9-17(10-12-18)27-22(29)19-4-3-13-32-19/h3-14,26H,1-2H3,(H,27,29). The highest BCUT2D eigenvalue weighted by Gasteiger charge is 2.40. The lowest BCUT2D eigenvalue weighted by Gasteiger charge is -2.19.